The van der Waals surface area contributed by atoms with Gasteiger partial charge in [-0.05, 0) is 67.8 Å². The number of hydrogen-bond acceptors (Lipinski definition) is 8. The maximum absolute atomic E-state index is 13.9. The molecule has 0 fully saturated rings. The van der Waals surface area contributed by atoms with Crippen molar-refractivity contribution in [3.63, 3.8) is 0 Å². The van der Waals surface area contributed by atoms with Gasteiger partial charge < -0.3 is 18.9 Å². The molecule has 1 aliphatic heterocycles. The van der Waals surface area contributed by atoms with Crippen molar-refractivity contribution in [1.82, 2.24) is 4.57 Å². The van der Waals surface area contributed by atoms with Crippen LogP contribution in [0.5, 0.6) is 17.2 Å². The van der Waals surface area contributed by atoms with Crippen molar-refractivity contribution in [3.05, 3.63) is 120 Å². The van der Waals surface area contributed by atoms with Crippen LogP contribution < -0.4 is 29.1 Å². The summed E-state index contributed by atoms with van der Waals surface area (Å²) >= 11 is 1.27. The van der Waals surface area contributed by atoms with Gasteiger partial charge in [-0.1, -0.05) is 59.9 Å². The average Bonchev–Trinajstić information content (AvgIpc) is 3.30. The molecule has 9 heteroatoms. The molecule has 0 aliphatic carbocycles. The Morgan fingerprint density at radius 2 is 1.74 bits per heavy atom. The fraction of sp³-hybridized carbons (Fsp3) is 0.242. The van der Waals surface area contributed by atoms with Crippen LogP contribution >= 0.6 is 11.3 Å². The summed E-state index contributed by atoms with van der Waals surface area (Å²) in [5, 5.41) is 0. The number of ether oxygens (including phenoxy) is 4. The maximum atomic E-state index is 13.9. The van der Waals surface area contributed by atoms with E-state index < -0.39 is 12.0 Å². The number of rotatable bonds is 10. The number of esters is 1. The van der Waals surface area contributed by atoms with E-state index in [1.54, 1.807) is 37.7 Å². The Morgan fingerprint density at radius 1 is 0.976 bits per heavy atom. The topological polar surface area (TPSA) is 88.4 Å². The minimum absolute atomic E-state index is 0.199. The van der Waals surface area contributed by atoms with Gasteiger partial charge in [-0.25, -0.2) is 9.79 Å². The maximum Gasteiger partial charge on any atom is 0.338 e. The molecule has 0 amide bonds. The van der Waals surface area contributed by atoms with E-state index in [1.165, 1.54) is 11.3 Å². The van der Waals surface area contributed by atoms with Gasteiger partial charge in [0.15, 0.2) is 16.3 Å². The molecule has 5 rings (SSSR count). The highest BCUT2D eigenvalue weighted by atomic mass is 32.1. The predicted molar refractivity (Wildman–Crippen MR) is 162 cm³/mol. The van der Waals surface area contributed by atoms with Crippen molar-refractivity contribution in [3.8, 4) is 17.2 Å². The Labute approximate surface area is 247 Å². The third-order valence-corrected chi connectivity index (χ3v) is 7.73. The lowest BCUT2D eigenvalue weighted by Gasteiger charge is -2.25. The normalized spacial score (nSPS) is 14.7. The lowest BCUT2D eigenvalue weighted by Crippen LogP contribution is -2.40. The molecule has 216 valence electrons. The molecule has 3 aromatic carbocycles. The number of thiazole rings is 1. The number of benzene rings is 3. The Bertz CT molecular complexity index is 1790. The van der Waals surface area contributed by atoms with Crippen LogP contribution in [0.4, 0.5) is 0 Å². The van der Waals surface area contributed by atoms with E-state index in [9.17, 15) is 9.59 Å². The predicted octanol–water partition coefficient (Wildman–Crippen LogP) is 4.78. The summed E-state index contributed by atoms with van der Waals surface area (Å²) in [5.41, 5.74) is 3.16. The highest BCUT2D eigenvalue weighted by Gasteiger charge is 2.34. The summed E-state index contributed by atoms with van der Waals surface area (Å²) in [5.74, 6) is 1.30. The van der Waals surface area contributed by atoms with Crippen LogP contribution in [0, 0.1) is 0 Å². The zero-order chi connectivity index (χ0) is 29.6. The van der Waals surface area contributed by atoms with Crippen LogP contribution in [0.15, 0.2) is 93.9 Å². The number of carbonyl (C=O) groups is 1. The Kier molecular flexibility index (Phi) is 8.88. The number of aromatic nitrogens is 1. The second kappa shape index (κ2) is 12.9. The van der Waals surface area contributed by atoms with E-state index in [0.29, 0.717) is 50.9 Å². The van der Waals surface area contributed by atoms with Gasteiger partial charge in [0.2, 0.25) is 0 Å². The summed E-state index contributed by atoms with van der Waals surface area (Å²) in [6.07, 6.45) is 1.82. The largest absolute Gasteiger partial charge is 0.493 e. The summed E-state index contributed by atoms with van der Waals surface area (Å²) in [6, 6.07) is 22.2. The SMILES string of the molecule is CCOC(=O)C1=C(C)N=c2s/c(=C\c3ccc(OCc4ccccc4)cc3)c(=O)n2[C@H]1c1ccc(OC)c(OCC)c1. The fourth-order valence-corrected chi connectivity index (χ4v) is 5.84. The van der Waals surface area contributed by atoms with Gasteiger partial charge in [0.05, 0.1) is 42.2 Å². The Morgan fingerprint density at radius 3 is 2.43 bits per heavy atom. The second-order valence-corrected chi connectivity index (χ2v) is 10.5. The molecule has 2 heterocycles. The number of methoxy groups -OCH3 is 1. The van der Waals surface area contributed by atoms with Crippen LogP contribution in [0.2, 0.25) is 0 Å². The minimum Gasteiger partial charge on any atom is -0.493 e. The molecule has 1 aromatic heterocycles. The zero-order valence-electron chi connectivity index (χ0n) is 24.0. The quantitative estimate of drug-likeness (QED) is 0.249. The number of nitrogens with zero attached hydrogens (tertiary/aromatic N) is 2. The molecular formula is C33H32N2O6S. The fourth-order valence-electron chi connectivity index (χ4n) is 4.79. The summed E-state index contributed by atoms with van der Waals surface area (Å²) in [6.45, 7) is 6.49. The van der Waals surface area contributed by atoms with E-state index in [1.807, 2.05) is 73.7 Å². The number of allylic oxidation sites excluding steroid dienone is 1. The molecule has 0 spiro atoms. The lowest BCUT2D eigenvalue weighted by molar-refractivity contribution is -0.139. The summed E-state index contributed by atoms with van der Waals surface area (Å²) in [7, 11) is 1.57. The average molecular weight is 585 g/mol. The van der Waals surface area contributed by atoms with Gasteiger partial charge >= 0.3 is 5.97 Å². The number of hydrogen-bond donors (Lipinski definition) is 0. The van der Waals surface area contributed by atoms with Crippen molar-refractivity contribution in [2.75, 3.05) is 20.3 Å². The molecule has 0 bridgehead atoms. The Balaban J connectivity index is 1.54. The first-order valence-corrected chi connectivity index (χ1v) is 14.5. The minimum atomic E-state index is -0.749. The smallest absolute Gasteiger partial charge is 0.338 e. The molecule has 8 nitrogen and oxygen atoms in total. The van der Waals surface area contributed by atoms with Gasteiger partial charge in [0.1, 0.15) is 12.4 Å². The summed E-state index contributed by atoms with van der Waals surface area (Å²) < 4.78 is 24.6. The molecule has 0 radical (unpaired) electrons. The van der Waals surface area contributed by atoms with Gasteiger partial charge in [-0.2, -0.15) is 0 Å². The van der Waals surface area contributed by atoms with Crippen LogP contribution in [-0.4, -0.2) is 30.9 Å². The van der Waals surface area contributed by atoms with E-state index in [-0.39, 0.29) is 12.2 Å². The molecule has 42 heavy (non-hydrogen) atoms. The van der Waals surface area contributed by atoms with Gasteiger partial charge in [-0.15, -0.1) is 0 Å². The number of fused-ring (bicyclic) bond motifs is 1. The van der Waals surface area contributed by atoms with Crippen molar-refractivity contribution in [2.45, 2.75) is 33.4 Å². The van der Waals surface area contributed by atoms with Crippen LogP contribution in [0.1, 0.15) is 43.5 Å². The molecule has 0 saturated heterocycles. The van der Waals surface area contributed by atoms with E-state index in [0.717, 1.165) is 16.9 Å². The van der Waals surface area contributed by atoms with Gasteiger partial charge in [0.25, 0.3) is 5.56 Å². The van der Waals surface area contributed by atoms with Gasteiger partial charge in [-0.3, -0.25) is 9.36 Å². The van der Waals surface area contributed by atoms with Crippen molar-refractivity contribution >= 4 is 23.4 Å². The first-order chi connectivity index (χ1) is 20.4. The molecular weight excluding hydrogens is 552 g/mol. The van der Waals surface area contributed by atoms with Crippen molar-refractivity contribution in [1.29, 1.82) is 0 Å². The first kappa shape index (κ1) is 28.9. The molecule has 1 atom stereocenters. The van der Waals surface area contributed by atoms with Crippen LogP contribution in [0.25, 0.3) is 6.08 Å². The van der Waals surface area contributed by atoms with Crippen LogP contribution in [-0.2, 0) is 16.1 Å². The molecule has 4 aromatic rings. The van der Waals surface area contributed by atoms with Crippen molar-refractivity contribution in [2.24, 2.45) is 4.99 Å². The standard InChI is InChI=1S/C33H32N2O6S/c1-5-39-27-19-24(14-17-26(27)38-4)30-29(32(37)40-6-2)21(3)34-33-35(30)31(36)28(42-33)18-22-12-15-25(16-13-22)41-20-23-10-8-7-9-11-23/h7-19,30H,5-6,20H2,1-4H3/b28-18-/t30-/m0/s1. The highest BCUT2D eigenvalue weighted by molar-refractivity contribution is 7.07. The monoisotopic (exact) mass is 584 g/mol. The Hall–Kier alpha value is -4.63. The summed E-state index contributed by atoms with van der Waals surface area (Å²) in [4.78, 5) is 32.3. The van der Waals surface area contributed by atoms with E-state index in [2.05, 4.69) is 4.99 Å². The highest BCUT2D eigenvalue weighted by Crippen LogP contribution is 2.36. The molecule has 0 saturated carbocycles. The third-order valence-electron chi connectivity index (χ3n) is 6.75. The van der Waals surface area contributed by atoms with Gasteiger partial charge in [0, 0.05) is 0 Å². The number of carbonyl (C=O) groups excluding carboxylic acids is 1. The second-order valence-electron chi connectivity index (χ2n) is 9.49. The zero-order valence-corrected chi connectivity index (χ0v) is 24.8. The molecule has 0 N–H and O–H groups in total. The van der Waals surface area contributed by atoms with Crippen LogP contribution in [0.3, 0.4) is 0 Å². The van der Waals surface area contributed by atoms with Crippen molar-refractivity contribution < 1.29 is 23.7 Å². The van der Waals surface area contributed by atoms with E-state index in [4.69, 9.17) is 18.9 Å². The lowest BCUT2D eigenvalue weighted by atomic mass is 9.95. The third kappa shape index (κ3) is 6.01. The first-order valence-electron chi connectivity index (χ1n) is 13.7. The van der Waals surface area contributed by atoms with E-state index >= 15 is 0 Å². The molecule has 1 aliphatic rings. The molecule has 0 unspecified atom stereocenters.